The van der Waals surface area contributed by atoms with Gasteiger partial charge in [-0.25, -0.2) is 9.59 Å². The number of carboxylic acid groups (broad SMARTS) is 1. The fourth-order valence-corrected chi connectivity index (χ4v) is 2.63. The lowest BCUT2D eigenvalue weighted by Gasteiger charge is -2.32. The Morgan fingerprint density at radius 1 is 0.969 bits per heavy atom. The van der Waals surface area contributed by atoms with E-state index in [4.69, 9.17) is 18.9 Å². The zero-order valence-electron chi connectivity index (χ0n) is 19.2. The zero-order valence-corrected chi connectivity index (χ0v) is 19.2. The molecule has 1 rings (SSSR count). The molecule has 0 aliphatic heterocycles. The van der Waals surface area contributed by atoms with Crippen LogP contribution in [0.5, 0.6) is 11.5 Å². The van der Waals surface area contributed by atoms with Crippen molar-refractivity contribution in [1.29, 1.82) is 0 Å². The van der Waals surface area contributed by atoms with Crippen LogP contribution in [0.25, 0.3) is 0 Å². The van der Waals surface area contributed by atoms with Crippen molar-refractivity contribution in [1.82, 2.24) is 5.32 Å². The van der Waals surface area contributed by atoms with Crippen molar-refractivity contribution in [2.75, 3.05) is 0 Å². The van der Waals surface area contributed by atoms with Gasteiger partial charge in [-0.2, -0.15) is 0 Å². The second-order valence-corrected chi connectivity index (χ2v) is 7.56. The summed E-state index contributed by atoms with van der Waals surface area (Å²) in [7, 11) is 0. The van der Waals surface area contributed by atoms with Gasteiger partial charge in [0.05, 0.1) is 6.10 Å². The van der Waals surface area contributed by atoms with Crippen LogP contribution in [0.3, 0.4) is 0 Å². The molecule has 0 radical (unpaired) electrons. The SMILES string of the molecule is CCC(=O)Oc1ccc(C[C@](NC(C)C)(OC(=O)OC(C)C)C(=O)O)cc1OC(=O)CC. The maximum Gasteiger partial charge on any atom is 0.510 e. The Kier molecular flexibility index (Phi) is 10.1. The highest BCUT2D eigenvalue weighted by molar-refractivity contribution is 5.81. The smallest absolute Gasteiger partial charge is 0.477 e. The standard InChI is InChI=1S/C22H31NO9/c1-7-18(24)30-16-10-9-15(11-17(16)31-19(25)8-2)12-22(20(26)27,23-13(3)4)32-21(28)29-14(5)6/h9-11,13-14,23H,7-8,12H2,1-6H3,(H,26,27)/t22-/m0/s1. The molecule has 0 aliphatic carbocycles. The first-order valence-corrected chi connectivity index (χ1v) is 10.4. The van der Waals surface area contributed by atoms with Crippen LogP contribution in [-0.2, 0) is 30.3 Å². The lowest BCUT2D eigenvalue weighted by atomic mass is 10.0. The van der Waals surface area contributed by atoms with Crippen molar-refractivity contribution in [2.45, 2.75) is 78.7 Å². The molecule has 178 valence electrons. The van der Waals surface area contributed by atoms with E-state index < -0.39 is 35.9 Å². The first-order chi connectivity index (χ1) is 14.9. The molecule has 0 unspecified atom stereocenters. The summed E-state index contributed by atoms with van der Waals surface area (Å²) in [6.45, 7) is 9.79. The van der Waals surface area contributed by atoms with Crippen molar-refractivity contribution in [2.24, 2.45) is 0 Å². The van der Waals surface area contributed by atoms with Crippen molar-refractivity contribution >= 4 is 24.1 Å². The van der Waals surface area contributed by atoms with Crippen molar-refractivity contribution in [3.05, 3.63) is 23.8 Å². The molecule has 0 fully saturated rings. The molecular formula is C22H31NO9. The van der Waals surface area contributed by atoms with Crippen LogP contribution in [0.1, 0.15) is 59.9 Å². The van der Waals surface area contributed by atoms with Gasteiger partial charge >= 0.3 is 24.1 Å². The molecule has 0 saturated heterocycles. The highest BCUT2D eigenvalue weighted by atomic mass is 16.7. The Hall–Kier alpha value is -3.14. The Morgan fingerprint density at radius 3 is 2.00 bits per heavy atom. The molecule has 1 aromatic rings. The number of hydrogen-bond acceptors (Lipinski definition) is 9. The van der Waals surface area contributed by atoms with Gasteiger partial charge in [0.25, 0.3) is 5.72 Å². The van der Waals surface area contributed by atoms with Crippen LogP contribution in [0.4, 0.5) is 4.79 Å². The Morgan fingerprint density at radius 2 is 1.53 bits per heavy atom. The fourth-order valence-electron chi connectivity index (χ4n) is 2.63. The molecule has 10 nitrogen and oxygen atoms in total. The predicted molar refractivity (Wildman–Crippen MR) is 113 cm³/mol. The second kappa shape index (κ2) is 12.0. The van der Waals surface area contributed by atoms with E-state index >= 15 is 0 Å². The lowest BCUT2D eigenvalue weighted by Crippen LogP contribution is -2.59. The summed E-state index contributed by atoms with van der Waals surface area (Å²) in [6, 6.07) is 3.86. The number of benzene rings is 1. The number of aliphatic carboxylic acids is 1. The number of rotatable bonds is 11. The van der Waals surface area contributed by atoms with E-state index in [-0.39, 0.29) is 36.8 Å². The molecule has 0 amide bonds. The zero-order chi connectivity index (χ0) is 24.5. The molecule has 0 aliphatic rings. The van der Waals surface area contributed by atoms with Crippen LogP contribution in [0, 0.1) is 0 Å². The lowest BCUT2D eigenvalue weighted by molar-refractivity contribution is -0.167. The highest BCUT2D eigenvalue weighted by Gasteiger charge is 2.44. The first kappa shape index (κ1) is 26.9. The third kappa shape index (κ3) is 8.18. The summed E-state index contributed by atoms with van der Waals surface area (Å²) >= 11 is 0. The van der Waals surface area contributed by atoms with Gasteiger partial charge in [0.15, 0.2) is 11.5 Å². The van der Waals surface area contributed by atoms with Crippen LogP contribution in [0.15, 0.2) is 18.2 Å². The number of ether oxygens (including phenoxy) is 4. The van der Waals surface area contributed by atoms with Crippen molar-refractivity contribution in [3.8, 4) is 11.5 Å². The maximum atomic E-state index is 12.2. The topological polar surface area (TPSA) is 137 Å². The minimum atomic E-state index is -2.16. The van der Waals surface area contributed by atoms with Crippen molar-refractivity contribution < 1.29 is 43.2 Å². The molecule has 10 heteroatoms. The van der Waals surface area contributed by atoms with Gasteiger partial charge in [0.2, 0.25) is 0 Å². The van der Waals surface area contributed by atoms with E-state index in [0.717, 1.165) is 0 Å². The predicted octanol–water partition coefficient (Wildman–Crippen LogP) is 3.20. The molecule has 2 N–H and O–H groups in total. The van der Waals surface area contributed by atoms with Gasteiger partial charge in [-0.1, -0.05) is 19.9 Å². The third-order valence-corrected chi connectivity index (χ3v) is 3.94. The Labute approximate surface area is 187 Å². The normalized spacial score (nSPS) is 12.8. The number of hydrogen-bond donors (Lipinski definition) is 2. The molecule has 1 aromatic carbocycles. The Bertz CT molecular complexity index is 835. The summed E-state index contributed by atoms with van der Waals surface area (Å²) in [4.78, 5) is 47.9. The van der Waals surface area contributed by atoms with Crippen LogP contribution >= 0.6 is 0 Å². The first-order valence-electron chi connectivity index (χ1n) is 10.4. The number of esters is 2. The maximum absolute atomic E-state index is 12.2. The molecule has 0 heterocycles. The molecular weight excluding hydrogens is 422 g/mol. The van der Waals surface area contributed by atoms with E-state index in [1.54, 1.807) is 41.5 Å². The second-order valence-electron chi connectivity index (χ2n) is 7.56. The number of carbonyl (C=O) groups is 4. The van der Waals surface area contributed by atoms with Gasteiger partial charge in [-0.3, -0.25) is 14.9 Å². The van der Waals surface area contributed by atoms with Crippen LogP contribution < -0.4 is 14.8 Å². The number of carboxylic acids is 1. The minimum Gasteiger partial charge on any atom is -0.477 e. The molecule has 0 saturated carbocycles. The van der Waals surface area contributed by atoms with E-state index in [1.807, 2.05) is 0 Å². The molecule has 1 atom stereocenters. The molecule has 0 bridgehead atoms. The average Bonchev–Trinajstić information content (AvgIpc) is 2.68. The summed E-state index contributed by atoms with van der Waals surface area (Å²) in [5, 5.41) is 12.7. The average molecular weight is 453 g/mol. The quantitative estimate of drug-likeness (QED) is 0.292. The summed E-state index contributed by atoms with van der Waals surface area (Å²) in [6.07, 6.45) is -1.81. The Balaban J connectivity index is 3.38. The van der Waals surface area contributed by atoms with Gasteiger partial charge in [0, 0.05) is 25.3 Å². The largest absolute Gasteiger partial charge is 0.510 e. The summed E-state index contributed by atoms with van der Waals surface area (Å²) < 4.78 is 20.6. The number of carbonyl (C=O) groups excluding carboxylic acids is 3. The molecule has 0 aromatic heterocycles. The van der Waals surface area contributed by atoms with E-state index in [1.165, 1.54) is 18.2 Å². The van der Waals surface area contributed by atoms with Gasteiger partial charge < -0.3 is 24.1 Å². The molecule has 32 heavy (non-hydrogen) atoms. The van der Waals surface area contributed by atoms with Gasteiger partial charge in [-0.05, 0) is 45.4 Å². The summed E-state index contributed by atoms with van der Waals surface area (Å²) in [5.41, 5.74) is -1.82. The van der Waals surface area contributed by atoms with E-state index in [9.17, 15) is 24.3 Å². The number of nitrogens with one attached hydrogen (secondary N) is 1. The van der Waals surface area contributed by atoms with Gasteiger partial charge in [0.1, 0.15) is 0 Å². The van der Waals surface area contributed by atoms with Crippen LogP contribution in [0.2, 0.25) is 0 Å². The van der Waals surface area contributed by atoms with E-state index in [0.29, 0.717) is 5.56 Å². The van der Waals surface area contributed by atoms with Gasteiger partial charge in [-0.15, -0.1) is 0 Å². The van der Waals surface area contributed by atoms with Crippen LogP contribution in [-0.4, -0.2) is 47.0 Å². The summed E-state index contributed by atoms with van der Waals surface area (Å²) in [5.74, 6) is -2.59. The third-order valence-electron chi connectivity index (χ3n) is 3.94. The van der Waals surface area contributed by atoms with Crippen molar-refractivity contribution in [3.63, 3.8) is 0 Å². The fraction of sp³-hybridized carbons (Fsp3) is 0.545. The highest BCUT2D eigenvalue weighted by Crippen LogP contribution is 2.31. The monoisotopic (exact) mass is 453 g/mol. The minimum absolute atomic E-state index is 0.0141. The van der Waals surface area contributed by atoms with E-state index in [2.05, 4.69) is 5.32 Å². The molecule has 0 spiro atoms.